The highest BCUT2D eigenvalue weighted by atomic mass is 14.3. The summed E-state index contributed by atoms with van der Waals surface area (Å²) in [5.74, 6) is 0.730. The number of hydrogen-bond donors (Lipinski definition) is 0. The van der Waals surface area contributed by atoms with E-state index in [-0.39, 0.29) is 0 Å². The monoisotopic (exact) mass is 558 g/mol. The number of hydrogen-bond acceptors (Lipinski definition) is 0. The van der Waals surface area contributed by atoms with Gasteiger partial charge < -0.3 is 0 Å². The summed E-state index contributed by atoms with van der Waals surface area (Å²) in [6.07, 6.45) is 11.6. The third-order valence-electron chi connectivity index (χ3n) is 9.62. The van der Waals surface area contributed by atoms with Crippen molar-refractivity contribution >= 4 is 37.9 Å². The van der Waals surface area contributed by atoms with Crippen molar-refractivity contribution in [1.29, 1.82) is 0 Å². The van der Waals surface area contributed by atoms with E-state index in [4.69, 9.17) is 0 Å². The molecule has 2 unspecified atom stereocenters. The summed E-state index contributed by atoms with van der Waals surface area (Å²) in [6.45, 7) is 0. The third-order valence-corrected chi connectivity index (χ3v) is 9.62. The molecule has 0 saturated carbocycles. The van der Waals surface area contributed by atoms with Crippen LogP contribution in [-0.4, -0.2) is 0 Å². The van der Waals surface area contributed by atoms with Crippen LogP contribution in [0.15, 0.2) is 170 Å². The van der Waals surface area contributed by atoms with Crippen molar-refractivity contribution in [3.8, 4) is 22.3 Å². The first-order valence-electron chi connectivity index (χ1n) is 15.5. The Labute approximate surface area is 257 Å². The van der Waals surface area contributed by atoms with E-state index in [2.05, 4.69) is 170 Å². The van der Waals surface area contributed by atoms with Gasteiger partial charge in [-0.25, -0.2) is 0 Å². The van der Waals surface area contributed by atoms with Crippen molar-refractivity contribution in [3.05, 3.63) is 187 Å². The molecule has 0 heterocycles. The molecule has 7 aromatic carbocycles. The van der Waals surface area contributed by atoms with E-state index in [0.29, 0.717) is 11.8 Å². The minimum atomic E-state index is 0.347. The normalized spacial score (nSPS) is 17.0. The molecular weight excluding hydrogens is 528 g/mol. The van der Waals surface area contributed by atoms with Gasteiger partial charge in [0.1, 0.15) is 0 Å². The zero-order valence-corrected chi connectivity index (χ0v) is 24.3. The van der Waals surface area contributed by atoms with Gasteiger partial charge in [0.2, 0.25) is 0 Å². The van der Waals surface area contributed by atoms with Gasteiger partial charge in [-0.2, -0.15) is 0 Å². The van der Waals surface area contributed by atoms with Gasteiger partial charge in [-0.05, 0) is 76.8 Å². The Balaban J connectivity index is 1.37. The first-order valence-corrected chi connectivity index (χ1v) is 15.5. The third kappa shape index (κ3) is 3.78. The van der Waals surface area contributed by atoms with Crippen molar-refractivity contribution in [2.24, 2.45) is 5.92 Å². The van der Waals surface area contributed by atoms with Gasteiger partial charge in [0.05, 0.1) is 0 Å². The Morgan fingerprint density at radius 1 is 0.364 bits per heavy atom. The molecule has 2 atom stereocenters. The van der Waals surface area contributed by atoms with E-state index in [1.807, 2.05) is 0 Å². The van der Waals surface area contributed by atoms with Gasteiger partial charge in [0.15, 0.2) is 0 Å². The van der Waals surface area contributed by atoms with Crippen LogP contribution in [0.1, 0.15) is 22.6 Å². The highest BCUT2D eigenvalue weighted by molar-refractivity contribution is 6.24. The van der Waals surface area contributed by atoms with Gasteiger partial charge in [-0.3, -0.25) is 0 Å². The van der Waals surface area contributed by atoms with Gasteiger partial charge in [0.25, 0.3) is 0 Å². The molecule has 0 amide bonds. The predicted octanol–water partition coefficient (Wildman–Crippen LogP) is 11.8. The van der Waals surface area contributed by atoms with Crippen molar-refractivity contribution in [2.75, 3.05) is 0 Å². The zero-order chi connectivity index (χ0) is 29.0. The number of rotatable bonds is 3. The second-order valence-electron chi connectivity index (χ2n) is 12.0. The maximum absolute atomic E-state index is 2.50. The second-order valence-corrected chi connectivity index (χ2v) is 12.0. The minimum Gasteiger partial charge on any atom is -0.0767 e. The smallest absolute Gasteiger partial charge is 0.0125 e. The summed E-state index contributed by atoms with van der Waals surface area (Å²) < 4.78 is 0. The van der Waals surface area contributed by atoms with Crippen LogP contribution in [-0.2, 0) is 0 Å². The molecule has 0 aromatic heterocycles. The van der Waals surface area contributed by atoms with Crippen molar-refractivity contribution in [2.45, 2.75) is 5.92 Å². The van der Waals surface area contributed by atoms with E-state index in [1.54, 1.807) is 0 Å². The maximum Gasteiger partial charge on any atom is 0.0125 e. The molecule has 206 valence electrons. The number of fused-ring (bicyclic) bond motifs is 6. The van der Waals surface area contributed by atoms with Crippen LogP contribution in [0, 0.1) is 5.92 Å². The average Bonchev–Trinajstić information content (AvgIpc) is 3.10. The van der Waals surface area contributed by atoms with Crippen LogP contribution < -0.4 is 0 Å². The molecule has 0 saturated heterocycles. The lowest BCUT2D eigenvalue weighted by molar-refractivity contribution is 0.689. The second kappa shape index (κ2) is 10.1. The SMILES string of the molecule is C1=CC2C=C(c3ccccc3-c3c4ccccc4c(-c4cccc5ccccc45)c4ccccc34)c3ccccc3C2C=C1. The fourth-order valence-corrected chi connectivity index (χ4v) is 7.73. The van der Waals surface area contributed by atoms with Gasteiger partial charge in [-0.15, -0.1) is 0 Å². The van der Waals surface area contributed by atoms with E-state index in [1.165, 1.54) is 76.8 Å². The summed E-state index contributed by atoms with van der Waals surface area (Å²) in [7, 11) is 0. The molecule has 0 fully saturated rings. The molecular formula is C44H30. The fourth-order valence-electron chi connectivity index (χ4n) is 7.73. The maximum atomic E-state index is 2.50. The topological polar surface area (TPSA) is 0 Å². The molecule has 0 N–H and O–H groups in total. The van der Waals surface area contributed by atoms with Crippen LogP contribution in [0.25, 0.3) is 60.1 Å². The van der Waals surface area contributed by atoms with Crippen LogP contribution >= 0.6 is 0 Å². The van der Waals surface area contributed by atoms with Crippen molar-refractivity contribution < 1.29 is 0 Å². The molecule has 0 spiro atoms. The van der Waals surface area contributed by atoms with E-state index in [9.17, 15) is 0 Å². The first-order chi connectivity index (χ1) is 21.9. The van der Waals surface area contributed by atoms with Gasteiger partial charge in [0, 0.05) is 11.8 Å². The summed E-state index contributed by atoms with van der Waals surface area (Å²) in [5, 5.41) is 7.68. The minimum absolute atomic E-state index is 0.347. The molecule has 7 aromatic rings. The molecule has 2 aliphatic carbocycles. The molecule has 0 heteroatoms. The molecule has 0 aliphatic heterocycles. The van der Waals surface area contributed by atoms with Crippen LogP contribution in [0.2, 0.25) is 0 Å². The standard InChI is InChI=1S/C44H30/c1-3-17-31-29(14-1)16-13-27-36(31)43-38-23-9-11-25-40(38)44(41-26-12-10-24-39(41)43)37-22-8-7-21-35(37)42-28-30-15-2-4-18-32(30)33-19-5-6-20-34(33)42/h1-28,30,32H. The first kappa shape index (κ1) is 25.1. The quantitative estimate of drug-likeness (QED) is 0.189. The largest absolute Gasteiger partial charge is 0.0767 e. The highest BCUT2D eigenvalue weighted by Gasteiger charge is 2.29. The molecule has 0 radical (unpaired) electrons. The lowest BCUT2D eigenvalue weighted by Gasteiger charge is -2.31. The fraction of sp³-hybridized carbons (Fsp3) is 0.0455. The van der Waals surface area contributed by atoms with Crippen LogP contribution in [0.3, 0.4) is 0 Å². The van der Waals surface area contributed by atoms with Crippen molar-refractivity contribution in [1.82, 2.24) is 0 Å². The van der Waals surface area contributed by atoms with Gasteiger partial charge >= 0.3 is 0 Å². The molecule has 44 heavy (non-hydrogen) atoms. The summed E-state index contributed by atoms with van der Waals surface area (Å²) in [5.41, 5.74) is 10.5. The Bertz CT molecular complexity index is 2280. The lowest BCUT2D eigenvalue weighted by Crippen LogP contribution is -2.16. The van der Waals surface area contributed by atoms with Crippen LogP contribution in [0.4, 0.5) is 0 Å². The predicted molar refractivity (Wildman–Crippen MR) is 188 cm³/mol. The lowest BCUT2D eigenvalue weighted by atomic mass is 9.72. The number of allylic oxidation sites excluding steroid dienone is 5. The molecule has 0 bridgehead atoms. The highest BCUT2D eigenvalue weighted by Crippen LogP contribution is 2.49. The summed E-state index contributed by atoms with van der Waals surface area (Å²) in [4.78, 5) is 0. The zero-order valence-electron chi connectivity index (χ0n) is 24.3. The summed E-state index contributed by atoms with van der Waals surface area (Å²) >= 11 is 0. The Morgan fingerprint density at radius 3 is 1.59 bits per heavy atom. The van der Waals surface area contributed by atoms with E-state index >= 15 is 0 Å². The Hall–Kier alpha value is -5.46. The van der Waals surface area contributed by atoms with E-state index in [0.717, 1.165) is 0 Å². The van der Waals surface area contributed by atoms with Crippen LogP contribution in [0.5, 0.6) is 0 Å². The Morgan fingerprint density at radius 2 is 0.864 bits per heavy atom. The van der Waals surface area contributed by atoms with Crippen molar-refractivity contribution in [3.63, 3.8) is 0 Å². The average molecular weight is 559 g/mol. The Kier molecular flexibility index (Phi) is 5.74. The van der Waals surface area contributed by atoms with Gasteiger partial charge in [-0.1, -0.05) is 170 Å². The number of benzene rings is 7. The molecule has 2 aliphatic rings. The molecule has 9 rings (SSSR count). The molecule has 0 nitrogen and oxygen atoms in total. The summed E-state index contributed by atoms with van der Waals surface area (Å²) in [6, 6.07) is 51.5. The van der Waals surface area contributed by atoms with E-state index < -0.39 is 0 Å².